The smallest absolute Gasteiger partial charge is 0.237 e. The highest BCUT2D eigenvalue weighted by atomic mass is 16.5. The van der Waals surface area contributed by atoms with Gasteiger partial charge < -0.3 is 14.8 Å². The van der Waals surface area contributed by atoms with Gasteiger partial charge in [0, 0.05) is 12.0 Å². The molecule has 0 bridgehead atoms. The van der Waals surface area contributed by atoms with Crippen molar-refractivity contribution >= 4 is 5.91 Å². The van der Waals surface area contributed by atoms with E-state index in [9.17, 15) is 4.79 Å². The molecule has 1 saturated heterocycles. The summed E-state index contributed by atoms with van der Waals surface area (Å²) in [6.07, 6.45) is 9.25. The van der Waals surface area contributed by atoms with Crippen LogP contribution >= 0.6 is 0 Å². The molecule has 2 atom stereocenters. The van der Waals surface area contributed by atoms with Crippen LogP contribution < -0.4 is 14.8 Å². The van der Waals surface area contributed by atoms with E-state index in [1.54, 1.807) is 7.11 Å². The molecule has 1 amide bonds. The van der Waals surface area contributed by atoms with E-state index >= 15 is 0 Å². The van der Waals surface area contributed by atoms with Crippen LogP contribution in [0.25, 0.3) is 0 Å². The van der Waals surface area contributed by atoms with Crippen LogP contribution in [-0.2, 0) is 4.79 Å². The van der Waals surface area contributed by atoms with Crippen LogP contribution in [0.5, 0.6) is 11.5 Å². The molecule has 0 spiro atoms. The summed E-state index contributed by atoms with van der Waals surface area (Å²) in [5.74, 6) is 4.20. The molecule has 0 aliphatic carbocycles. The molecule has 1 N–H and O–H groups in total. The third-order valence-corrected chi connectivity index (χ3v) is 5.00. The number of rotatable bonds is 4. The quantitative estimate of drug-likeness (QED) is 0.854. The zero-order valence-electron chi connectivity index (χ0n) is 15.0. The molecule has 2 aliphatic heterocycles. The number of piperidine rings is 1. The summed E-state index contributed by atoms with van der Waals surface area (Å²) in [5, 5.41) is 3.23. The third kappa shape index (κ3) is 3.74. The Morgan fingerprint density at radius 1 is 1.44 bits per heavy atom. The first-order valence-corrected chi connectivity index (χ1v) is 8.93. The van der Waals surface area contributed by atoms with E-state index in [1.165, 1.54) is 0 Å². The van der Waals surface area contributed by atoms with Crippen molar-refractivity contribution in [3.05, 3.63) is 23.3 Å². The Labute approximate surface area is 149 Å². The highest BCUT2D eigenvalue weighted by molar-refractivity contribution is 5.82. The van der Waals surface area contributed by atoms with Gasteiger partial charge in [-0.15, -0.1) is 6.42 Å². The van der Waals surface area contributed by atoms with Crippen molar-refractivity contribution in [2.24, 2.45) is 0 Å². The zero-order chi connectivity index (χ0) is 17.8. The van der Waals surface area contributed by atoms with Gasteiger partial charge in [-0.2, -0.15) is 0 Å². The lowest BCUT2D eigenvalue weighted by molar-refractivity contribution is -0.128. The van der Waals surface area contributed by atoms with Gasteiger partial charge in [-0.25, -0.2) is 0 Å². The van der Waals surface area contributed by atoms with Gasteiger partial charge in [0.25, 0.3) is 0 Å². The van der Waals surface area contributed by atoms with Crippen LogP contribution in [0.15, 0.2) is 12.1 Å². The molecule has 134 valence electrons. The predicted molar refractivity (Wildman–Crippen MR) is 96.8 cm³/mol. The lowest BCUT2D eigenvalue weighted by Gasteiger charge is -2.35. The summed E-state index contributed by atoms with van der Waals surface area (Å²) in [7, 11) is 1.64. The molecule has 1 aromatic carbocycles. The summed E-state index contributed by atoms with van der Waals surface area (Å²) in [4.78, 5) is 15.0. The summed E-state index contributed by atoms with van der Waals surface area (Å²) < 4.78 is 11.2. The monoisotopic (exact) mass is 342 g/mol. The minimum absolute atomic E-state index is 0.0559. The fraction of sp³-hybridized carbons (Fsp3) is 0.550. The number of methoxy groups -OCH3 is 1. The number of benzene rings is 1. The Morgan fingerprint density at radius 3 is 3.04 bits per heavy atom. The Bertz CT molecular complexity index is 680. The second-order valence-corrected chi connectivity index (χ2v) is 6.77. The van der Waals surface area contributed by atoms with Gasteiger partial charge in [0.1, 0.15) is 0 Å². The maximum absolute atomic E-state index is 12.9. The number of carbonyl (C=O) groups is 1. The van der Waals surface area contributed by atoms with Crippen molar-refractivity contribution in [1.29, 1.82) is 0 Å². The molecule has 2 heterocycles. The average molecular weight is 342 g/mol. The van der Waals surface area contributed by atoms with Gasteiger partial charge >= 0.3 is 0 Å². The number of likely N-dealkylation sites (tertiary alicyclic amines) is 1. The molecule has 0 aromatic heterocycles. The van der Waals surface area contributed by atoms with Crippen LogP contribution in [-0.4, -0.2) is 43.7 Å². The summed E-state index contributed by atoms with van der Waals surface area (Å²) in [6, 6.07) is 3.84. The number of nitrogens with one attached hydrogen (secondary N) is 1. The van der Waals surface area contributed by atoms with Gasteiger partial charge in [-0.1, -0.05) is 18.4 Å². The molecular weight excluding hydrogens is 316 g/mol. The Balaban J connectivity index is 1.79. The van der Waals surface area contributed by atoms with E-state index in [1.807, 2.05) is 13.0 Å². The number of carbonyl (C=O) groups excluding carboxylic acids is 1. The maximum atomic E-state index is 12.9. The maximum Gasteiger partial charge on any atom is 0.237 e. The Hall–Kier alpha value is -2.19. The van der Waals surface area contributed by atoms with E-state index in [4.69, 9.17) is 15.9 Å². The first kappa shape index (κ1) is 17.6. The topological polar surface area (TPSA) is 50.8 Å². The fourth-order valence-corrected chi connectivity index (χ4v) is 3.78. The minimum Gasteiger partial charge on any atom is -0.493 e. The van der Waals surface area contributed by atoms with Crippen LogP contribution in [0.4, 0.5) is 0 Å². The summed E-state index contributed by atoms with van der Waals surface area (Å²) in [6.45, 7) is 4.00. The predicted octanol–water partition coefficient (Wildman–Crippen LogP) is 2.43. The van der Waals surface area contributed by atoms with Crippen LogP contribution in [0.1, 0.15) is 42.9 Å². The number of amides is 1. The van der Waals surface area contributed by atoms with E-state index in [0.717, 1.165) is 54.9 Å². The normalized spacial score (nSPS) is 23.1. The van der Waals surface area contributed by atoms with Crippen molar-refractivity contribution in [3.63, 3.8) is 0 Å². The highest BCUT2D eigenvalue weighted by Crippen LogP contribution is 2.40. The average Bonchev–Trinajstić information content (AvgIpc) is 2.62. The van der Waals surface area contributed by atoms with Gasteiger partial charge in [-0.05, 0) is 37.9 Å². The first-order chi connectivity index (χ1) is 12.1. The van der Waals surface area contributed by atoms with Crippen molar-refractivity contribution < 1.29 is 14.3 Å². The molecule has 1 aromatic rings. The van der Waals surface area contributed by atoms with Crippen LogP contribution in [0, 0.1) is 19.3 Å². The van der Waals surface area contributed by atoms with Crippen LogP contribution in [0.2, 0.25) is 0 Å². The number of nitrogens with zero attached hydrogens (tertiary/aromatic N) is 1. The molecule has 5 heteroatoms. The van der Waals surface area contributed by atoms with E-state index in [-0.39, 0.29) is 18.0 Å². The lowest BCUT2D eigenvalue weighted by atomic mass is 9.96. The molecule has 3 rings (SSSR count). The molecule has 5 nitrogen and oxygen atoms in total. The molecular formula is C20H26N2O3. The minimum atomic E-state index is -0.136. The van der Waals surface area contributed by atoms with E-state index < -0.39 is 0 Å². The third-order valence-electron chi connectivity index (χ3n) is 5.00. The van der Waals surface area contributed by atoms with E-state index in [0.29, 0.717) is 13.2 Å². The second kappa shape index (κ2) is 7.79. The Morgan fingerprint density at radius 2 is 2.28 bits per heavy atom. The van der Waals surface area contributed by atoms with Gasteiger partial charge in [0.05, 0.1) is 32.3 Å². The fourth-order valence-electron chi connectivity index (χ4n) is 3.78. The van der Waals surface area contributed by atoms with Crippen LogP contribution in [0.3, 0.4) is 0 Å². The first-order valence-electron chi connectivity index (χ1n) is 8.93. The van der Waals surface area contributed by atoms with Gasteiger partial charge in [0.15, 0.2) is 11.5 Å². The number of aryl methyl sites for hydroxylation is 1. The van der Waals surface area contributed by atoms with Crippen molar-refractivity contribution in [2.45, 2.75) is 44.7 Å². The highest BCUT2D eigenvalue weighted by Gasteiger charge is 2.32. The van der Waals surface area contributed by atoms with E-state index in [2.05, 4.69) is 22.2 Å². The number of fused-ring (bicyclic) bond motifs is 1. The lowest BCUT2D eigenvalue weighted by Crippen LogP contribution is -2.50. The van der Waals surface area contributed by atoms with Crippen molar-refractivity contribution in [2.75, 3.05) is 26.8 Å². The molecule has 0 radical (unpaired) electrons. The molecule has 0 saturated carbocycles. The molecule has 2 unspecified atom stereocenters. The largest absolute Gasteiger partial charge is 0.493 e. The standard InChI is InChI=1S/C20H26N2O3/c1-4-9-22-10-6-5-7-17(22)20(23)21-16-8-11-25-19-15(16)12-14(2)13-18(19)24-3/h1,12-13,16-17H,5-11H2,2-3H3,(H,21,23). The summed E-state index contributed by atoms with van der Waals surface area (Å²) >= 11 is 0. The van der Waals surface area contributed by atoms with Crippen molar-refractivity contribution in [3.8, 4) is 23.8 Å². The number of hydrogen-bond acceptors (Lipinski definition) is 4. The van der Waals surface area contributed by atoms with Crippen molar-refractivity contribution in [1.82, 2.24) is 10.2 Å². The Kier molecular flexibility index (Phi) is 5.50. The summed E-state index contributed by atoms with van der Waals surface area (Å²) in [5.41, 5.74) is 2.09. The molecule has 1 fully saturated rings. The van der Waals surface area contributed by atoms with Gasteiger partial charge in [-0.3, -0.25) is 9.69 Å². The molecule has 25 heavy (non-hydrogen) atoms. The number of ether oxygens (including phenoxy) is 2. The number of hydrogen-bond donors (Lipinski definition) is 1. The molecule has 2 aliphatic rings. The van der Waals surface area contributed by atoms with Gasteiger partial charge in [0.2, 0.25) is 5.91 Å². The SMILES string of the molecule is C#CCN1CCCCC1C(=O)NC1CCOc2c(OC)cc(C)cc21. The number of terminal acetylenes is 1. The second-order valence-electron chi connectivity index (χ2n) is 6.77. The zero-order valence-corrected chi connectivity index (χ0v) is 15.0.